The van der Waals surface area contributed by atoms with E-state index in [0.717, 1.165) is 4.96 Å². The van der Waals surface area contributed by atoms with Crippen molar-refractivity contribution >= 4 is 28.1 Å². The first-order valence-corrected chi connectivity index (χ1v) is 6.76. The van der Waals surface area contributed by atoms with Crippen LogP contribution in [0.25, 0.3) is 4.96 Å². The lowest BCUT2D eigenvalue weighted by Crippen LogP contribution is -2.05. The molecule has 0 radical (unpaired) electrons. The van der Waals surface area contributed by atoms with Gasteiger partial charge in [-0.15, -0.1) is 11.3 Å². The maximum Gasteiger partial charge on any atom is 0.251 e. The van der Waals surface area contributed by atoms with Crippen LogP contribution >= 0.6 is 23.1 Å². The number of aliphatic hydroxyl groups excluding tert-OH is 1. The number of hydrogen-bond donors (Lipinski definition) is 2. The third-order valence-corrected chi connectivity index (χ3v) is 3.99. The highest BCUT2D eigenvalue weighted by atomic mass is 32.2. The second-order valence-corrected chi connectivity index (χ2v) is 5.27. The van der Waals surface area contributed by atoms with Gasteiger partial charge in [0.05, 0.1) is 12.3 Å². The van der Waals surface area contributed by atoms with Crippen molar-refractivity contribution in [2.24, 2.45) is 0 Å². The average molecular weight is 280 g/mol. The van der Waals surface area contributed by atoms with Gasteiger partial charge in [0.15, 0.2) is 10.1 Å². The molecule has 0 unspecified atom stereocenters. The van der Waals surface area contributed by atoms with Gasteiger partial charge in [-0.1, -0.05) is 0 Å². The molecule has 0 aliphatic rings. The Morgan fingerprint density at radius 1 is 1.56 bits per heavy atom. The Kier molecular flexibility index (Phi) is 2.90. The van der Waals surface area contributed by atoms with E-state index in [4.69, 9.17) is 0 Å². The fourth-order valence-electron chi connectivity index (χ4n) is 1.53. The predicted molar refractivity (Wildman–Crippen MR) is 68.0 cm³/mol. The van der Waals surface area contributed by atoms with E-state index in [1.54, 1.807) is 0 Å². The molecule has 3 aromatic heterocycles. The van der Waals surface area contributed by atoms with Crippen molar-refractivity contribution in [1.82, 2.24) is 19.4 Å². The summed E-state index contributed by atoms with van der Waals surface area (Å²) in [6.07, 6.45) is 3.29. The molecule has 0 aliphatic carbocycles. The maximum atomic E-state index is 11.2. The van der Waals surface area contributed by atoms with Crippen LogP contribution in [0.5, 0.6) is 0 Å². The zero-order chi connectivity index (χ0) is 12.5. The van der Waals surface area contributed by atoms with Crippen LogP contribution in [0, 0.1) is 0 Å². The summed E-state index contributed by atoms with van der Waals surface area (Å²) in [4.78, 5) is 23.0. The van der Waals surface area contributed by atoms with Gasteiger partial charge in [0.2, 0.25) is 0 Å². The lowest BCUT2D eigenvalue weighted by Gasteiger charge is -1.99. The van der Waals surface area contributed by atoms with Crippen LogP contribution in [-0.2, 0) is 6.61 Å². The van der Waals surface area contributed by atoms with Crippen molar-refractivity contribution in [2.75, 3.05) is 0 Å². The number of thiazole rings is 1. The highest BCUT2D eigenvalue weighted by Crippen LogP contribution is 2.29. The number of aromatic nitrogens is 4. The molecule has 0 saturated carbocycles. The third kappa shape index (κ3) is 1.94. The SMILES string of the molecule is O=c1ccnc(Sc2nc3sccn3c2CO)[nH]1. The number of aromatic amines is 1. The van der Waals surface area contributed by atoms with E-state index in [2.05, 4.69) is 15.0 Å². The van der Waals surface area contributed by atoms with E-state index in [9.17, 15) is 9.90 Å². The summed E-state index contributed by atoms with van der Waals surface area (Å²) in [6.45, 7) is -0.114. The van der Waals surface area contributed by atoms with Gasteiger partial charge in [-0.05, 0) is 11.8 Å². The van der Waals surface area contributed by atoms with Crippen LogP contribution in [0.4, 0.5) is 0 Å². The quantitative estimate of drug-likeness (QED) is 0.702. The molecule has 0 aromatic carbocycles. The number of rotatable bonds is 3. The molecule has 18 heavy (non-hydrogen) atoms. The molecule has 0 bridgehead atoms. The van der Waals surface area contributed by atoms with Gasteiger partial charge in [0, 0.05) is 23.8 Å². The monoisotopic (exact) mass is 280 g/mol. The van der Waals surface area contributed by atoms with E-state index >= 15 is 0 Å². The molecule has 0 aliphatic heterocycles. The van der Waals surface area contributed by atoms with Gasteiger partial charge in [0.1, 0.15) is 5.03 Å². The molecule has 3 heterocycles. The Hall–Kier alpha value is -1.64. The number of imidazole rings is 1. The molecule has 0 fully saturated rings. The molecule has 3 aromatic rings. The predicted octanol–water partition coefficient (Wildman–Crippen LogP) is 1.12. The molecular formula is C10H8N4O2S2. The minimum atomic E-state index is -0.209. The summed E-state index contributed by atoms with van der Waals surface area (Å²) in [7, 11) is 0. The van der Waals surface area contributed by atoms with Crippen LogP contribution in [0.15, 0.2) is 38.8 Å². The van der Waals surface area contributed by atoms with Gasteiger partial charge in [-0.3, -0.25) is 9.20 Å². The van der Waals surface area contributed by atoms with Crippen molar-refractivity contribution in [3.63, 3.8) is 0 Å². The Morgan fingerprint density at radius 3 is 3.22 bits per heavy atom. The fourth-order valence-corrected chi connectivity index (χ4v) is 3.19. The lowest BCUT2D eigenvalue weighted by molar-refractivity contribution is 0.272. The highest BCUT2D eigenvalue weighted by molar-refractivity contribution is 7.99. The van der Waals surface area contributed by atoms with Gasteiger partial charge in [-0.25, -0.2) is 9.97 Å². The zero-order valence-electron chi connectivity index (χ0n) is 9.03. The smallest absolute Gasteiger partial charge is 0.251 e. The Balaban J connectivity index is 2.04. The molecule has 0 amide bonds. The number of nitrogens with zero attached hydrogens (tertiary/aromatic N) is 3. The standard InChI is InChI=1S/C10H8N4O2S2/c15-5-6-8(13-10-14(6)3-4-17-10)18-9-11-2-1-7(16)12-9/h1-4,15H,5H2,(H,11,12,16). The van der Waals surface area contributed by atoms with Crippen molar-refractivity contribution in [3.05, 3.63) is 39.9 Å². The molecular weight excluding hydrogens is 272 g/mol. The van der Waals surface area contributed by atoms with E-state index in [-0.39, 0.29) is 12.2 Å². The lowest BCUT2D eigenvalue weighted by atomic mass is 10.5. The third-order valence-electron chi connectivity index (χ3n) is 2.32. The normalized spacial score (nSPS) is 11.2. The molecule has 92 valence electrons. The molecule has 2 N–H and O–H groups in total. The van der Waals surface area contributed by atoms with Crippen LogP contribution in [0.3, 0.4) is 0 Å². The van der Waals surface area contributed by atoms with Gasteiger partial charge in [0.25, 0.3) is 5.56 Å². The zero-order valence-corrected chi connectivity index (χ0v) is 10.7. The largest absolute Gasteiger partial charge is 0.390 e. The van der Waals surface area contributed by atoms with Crippen LogP contribution in [0.1, 0.15) is 5.69 Å². The summed E-state index contributed by atoms with van der Waals surface area (Å²) < 4.78 is 1.83. The first-order valence-electron chi connectivity index (χ1n) is 5.06. The summed E-state index contributed by atoms with van der Waals surface area (Å²) in [6, 6.07) is 1.35. The summed E-state index contributed by atoms with van der Waals surface area (Å²) in [5, 5.41) is 12.4. The van der Waals surface area contributed by atoms with Crippen molar-refractivity contribution in [3.8, 4) is 0 Å². The van der Waals surface area contributed by atoms with Gasteiger partial charge < -0.3 is 10.1 Å². The van der Waals surface area contributed by atoms with Crippen LogP contribution in [0.2, 0.25) is 0 Å². The molecule has 6 nitrogen and oxygen atoms in total. The number of hydrogen-bond acceptors (Lipinski definition) is 6. The average Bonchev–Trinajstić information content (AvgIpc) is 2.89. The van der Waals surface area contributed by atoms with Crippen LogP contribution in [-0.4, -0.2) is 24.5 Å². The first-order chi connectivity index (χ1) is 8.78. The van der Waals surface area contributed by atoms with E-state index in [0.29, 0.717) is 15.9 Å². The molecule has 3 rings (SSSR count). The minimum Gasteiger partial charge on any atom is -0.390 e. The number of H-pyrrole nitrogens is 1. The maximum absolute atomic E-state index is 11.2. The molecule has 8 heteroatoms. The molecule has 0 atom stereocenters. The van der Waals surface area contributed by atoms with Gasteiger partial charge in [-0.2, -0.15) is 0 Å². The van der Waals surface area contributed by atoms with E-state index in [1.807, 2.05) is 16.0 Å². The summed E-state index contributed by atoms with van der Waals surface area (Å²) in [5.41, 5.74) is 0.488. The molecule has 0 spiro atoms. The minimum absolute atomic E-state index is 0.114. The van der Waals surface area contributed by atoms with Crippen molar-refractivity contribution < 1.29 is 5.11 Å². The highest BCUT2D eigenvalue weighted by Gasteiger charge is 2.14. The summed E-state index contributed by atoms with van der Waals surface area (Å²) >= 11 is 2.72. The van der Waals surface area contributed by atoms with Crippen molar-refractivity contribution in [2.45, 2.75) is 16.8 Å². The second-order valence-electron chi connectivity index (χ2n) is 3.42. The van der Waals surface area contributed by atoms with E-state index in [1.165, 1.54) is 35.4 Å². The van der Waals surface area contributed by atoms with Gasteiger partial charge >= 0.3 is 0 Å². The Morgan fingerprint density at radius 2 is 2.44 bits per heavy atom. The fraction of sp³-hybridized carbons (Fsp3) is 0.100. The van der Waals surface area contributed by atoms with Crippen LogP contribution < -0.4 is 5.56 Å². The van der Waals surface area contributed by atoms with E-state index < -0.39 is 0 Å². The Bertz CT molecular complexity index is 746. The number of fused-ring (bicyclic) bond motifs is 1. The molecule has 0 saturated heterocycles. The summed E-state index contributed by atoms with van der Waals surface area (Å²) in [5.74, 6) is 0. The Labute approximate surface area is 109 Å². The second kappa shape index (κ2) is 4.56. The van der Waals surface area contributed by atoms with Crippen molar-refractivity contribution in [1.29, 1.82) is 0 Å². The topological polar surface area (TPSA) is 83.3 Å². The first kappa shape index (κ1) is 11.5. The number of nitrogens with one attached hydrogen (secondary N) is 1. The number of aliphatic hydroxyl groups is 1.